The van der Waals surface area contributed by atoms with Crippen LogP contribution in [0, 0.1) is 22.2 Å². The van der Waals surface area contributed by atoms with Gasteiger partial charge in [0, 0.05) is 18.8 Å². The van der Waals surface area contributed by atoms with Gasteiger partial charge in [-0.15, -0.1) is 0 Å². The molecular weight excluding hydrogens is 210 g/mol. The normalized spacial score (nSPS) is 20.9. The minimum absolute atomic E-state index is 0.345. The molecule has 17 heavy (non-hydrogen) atoms. The van der Waals surface area contributed by atoms with E-state index in [1.807, 2.05) is 12.1 Å². The van der Waals surface area contributed by atoms with Gasteiger partial charge in [0.15, 0.2) is 0 Å². The molecule has 2 rings (SSSR count). The Morgan fingerprint density at radius 2 is 2.00 bits per heavy atom. The highest BCUT2D eigenvalue weighted by atomic mass is 15.0. The Balaban J connectivity index is 1.98. The summed E-state index contributed by atoms with van der Waals surface area (Å²) in [6.45, 7) is 9.96. The molecule has 90 valence electrons. The Kier molecular flexibility index (Phi) is 2.71. The van der Waals surface area contributed by atoms with Crippen molar-refractivity contribution in [3.05, 3.63) is 29.6 Å². The Bertz CT molecular complexity index is 455. The lowest BCUT2D eigenvalue weighted by atomic mass is 10.0. The van der Waals surface area contributed by atoms with E-state index < -0.39 is 0 Å². The first-order valence-corrected chi connectivity index (χ1v) is 5.98. The van der Waals surface area contributed by atoms with Crippen molar-refractivity contribution in [2.75, 3.05) is 0 Å². The van der Waals surface area contributed by atoms with Crippen LogP contribution in [-0.2, 0) is 6.54 Å². The maximum Gasteiger partial charge on any atom is 0.140 e. The summed E-state index contributed by atoms with van der Waals surface area (Å²) < 4.78 is 0. The van der Waals surface area contributed by atoms with Gasteiger partial charge in [-0.2, -0.15) is 5.26 Å². The smallest absolute Gasteiger partial charge is 0.140 e. The van der Waals surface area contributed by atoms with Crippen LogP contribution in [0.3, 0.4) is 0 Å². The highest BCUT2D eigenvalue weighted by Crippen LogP contribution is 2.62. The third kappa shape index (κ3) is 1.94. The van der Waals surface area contributed by atoms with Gasteiger partial charge in [0.25, 0.3) is 0 Å². The number of hydrogen-bond donors (Lipinski definition) is 1. The van der Waals surface area contributed by atoms with E-state index >= 15 is 0 Å². The molecule has 0 saturated heterocycles. The molecule has 1 fully saturated rings. The molecule has 0 unspecified atom stereocenters. The fourth-order valence-corrected chi connectivity index (χ4v) is 2.57. The van der Waals surface area contributed by atoms with Crippen LogP contribution >= 0.6 is 0 Å². The number of aromatic nitrogens is 1. The second-order valence-corrected chi connectivity index (χ2v) is 5.92. The summed E-state index contributed by atoms with van der Waals surface area (Å²) in [5.41, 5.74) is 2.30. The zero-order valence-electron chi connectivity index (χ0n) is 10.9. The minimum atomic E-state index is 0.345. The first-order valence-electron chi connectivity index (χ1n) is 5.98. The predicted molar refractivity (Wildman–Crippen MR) is 67.1 cm³/mol. The molecule has 1 heterocycles. The number of rotatable bonds is 3. The second-order valence-electron chi connectivity index (χ2n) is 5.92. The van der Waals surface area contributed by atoms with Gasteiger partial charge in [0.2, 0.25) is 0 Å². The van der Waals surface area contributed by atoms with E-state index in [2.05, 4.69) is 44.1 Å². The molecule has 0 bridgehead atoms. The zero-order chi connectivity index (χ0) is 12.7. The van der Waals surface area contributed by atoms with Gasteiger partial charge < -0.3 is 5.32 Å². The largest absolute Gasteiger partial charge is 0.309 e. The van der Waals surface area contributed by atoms with Crippen LogP contribution in [0.15, 0.2) is 18.3 Å². The summed E-state index contributed by atoms with van der Waals surface area (Å²) in [6.07, 6.45) is 1.69. The van der Waals surface area contributed by atoms with Crippen LogP contribution in [0.25, 0.3) is 0 Å². The van der Waals surface area contributed by atoms with Gasteiger partial charge >= 0.3 is 0 Å². The third-order valence-corrected chi connectivity index (χ3v) is 4.47. The molecule has 0 aromatic carbocycles. The van der Waals surface area contributed by atoms with Crippen molar-refractivity contribution >= 4 is 0 Å². The molecule has 0 aliphatic heterocycles. The van der Waals surface area contributed by atoms with Crippen molar-refractivity contribution in [3.63, 3.8) is 0 Å². The quantitative estimate of drug-likeness (QED) is 0.866. The SMILES string of the molecule is CC1(C)C(NCc2ccnc(C#N)c2)C1(C)C. The molecule has 1 aliphatic rings. The molecule has 0 amide bonds. The van der Waals surface area contributed by atoms with Crippen molar-refractivity contribution in [2.24, 2.45) is 10.8 Å². The summed E-state index contributed by atoms with van der Waals surface area (Å²) >= 11 is 0. The van der Waals surface area contributed by atoms with Crippen LogP contribution in [0.4, 0.5) is 0 Å². The van der Waals surface area contributed by atoms with Crippen LogP contribution in [0.1, 0.15) is 39.0 Å². The lowest BCUT2D eigenvalue weighted by Gasteiger charge is -2.06. The van der Waals surface area contributed by atoms with Crippen LogP contribution < -0.4 is 5.32 Å². The van der Waals surface area contributed by atoms with Crippen LogP contribution in [0.5, 0.6) is 0 Å². The van der Waals surface area contributed by atoms with E-state index in [0.717, 1.165) is 12.1 Å². The molecule has 0 radical (unpaired) electrons. The highest BCUT2D eigenvalue weighted by molar-refractivity contribution is 5.26. The number of pyridine rings is 1. The highest BCUT2D eigenvalue weighted by Gasteiger charge is 2.64. The Morgan fingerprint density at radius 1 is 1.35 bits per heavy atom. The first-order chi connectivity index (χ1) is 7.89. The average molecular weight is 229 g/mol. The number of hydrogen-bond acceptors (Lipinski definition) is 3. The van der Waals surface area contributed by atoms with Crippen molar-refractivity contribution in [2.45, 2.75) is 40.3 Å². The average Bonchev–Trinajstić information content (AvgIpc) is 2.67. The van der Waals surface area contributed by atoms with E-state index in [9.17, 15) is 0 Å². The fourth-order valence-electron chi connectivity index (χ4n) is 2.57. The Labute approximate surface area is 103 Å². The van der Waals surface area contributed by atoms with Gasteiger partial charge in [0.05, 0.1) is 0 Å². The van der Waals surface area contributed by atoms with Gasteiger partial charge in [-0.25, -0.2) is 4.98 Å². The van der Waals surface area contributed by atoms with E-state index in [1.165, 1.54) is 0 Å². The topological polar surface area (TPSA) is 48.7 Å². The van der Waals surface area contributed by atoms with Gasteiger partial charge in [-0.1, -0.05) is 27.7 Å². The van der Waals surface area contributed by atoms with E-state index in [-0.39, 0.29) is 0 Å². The molecule has 0 atom stereocenters. The number of nitrogens with one attached hydrogen (secondary N) is 1. The maximum atomic E-state index is 8.79. The van der Waals surface area contributed by atoms with Crippen molar-refractivity contribution in [1.29, 1.82) is 5.26 Å². The lowest BCUT2D eigenvalue weighted by Crippen LogP contribution is -2.21. The lowest BCUT2D eigenvalue weighted by molar-refractivity contribution is 0.457. The molecule has 1 aromatic rings. The van der Waals surface area contributed by atoms with Gasteiger partial charge in [-0.3, -0.25) is 0 Å². The summed E-state index contributed by atoms with van der Waals surface area (Å²) in [6, 6.07) is 6.40. The second kappa shape index (κ2) is 3.82. The van der Waals surface area contributed by atoms with Crippen molar-refractivity contribution in [1.82, 2.24) is 10.3 Å². The molecule has 0 spiro atoms. The fraction of sp³-hybridized carbons (Fsp3) is 0.571. The summed E-state index contributed by atoms with van der Waals surface area (Å²) in [5, 5.41) is 12.4. The van der Waals surface area contributed by atoms with Crippen molar-refractivity contribution in [3.8, 4) is 6.07 Å². The monoisotopic (exact) mass is 229 g/mol. The molecule has 3 nitrogen and oxygen atoms in total. The molecule has 1 aliphatic carbocycles. The molecule has 1 aromatic heterocycles. The first kappa shape index (κ1) is 12.1. The Hall–Kier alpha value is -1.40. The third-order valence-electron chi connectivity index (χ3n) is 4.47. The molecule has 1 saturated carbocycles. The van der Waals surface area contributed by atoms with E-state index in [1.54, 1.807) is 6.20 Å². The number of nitriles is 1. The zero-order valence-corrected chi connectivity index (χ0v) is 10.9. The predicted octanol–water partition coefficient (Wildman–Crippen LogP) is 2.48. The summed E-state index contributed by atoms with van der Waals surface area (Å²) in [5.74, 6) is 0. The van der Waals surface area contributed by atoms with E-state index in [4.69, 9.17) is 5.26 Å². The van der Waals surface area contributed by atoms with Gasteiger partial charge in [-0.05, 0) is 28.5 Å². The van der Waals surface area contributed by atoms with Crippen LogP contribution in [0.2, 0.25) is 0 Å². The summed E-state index contributed by atoms with van der Waals surface area (Å²) in [4.78, 5) is 3.97. The summed E-state index contributed by atoms with van der Waals surface area (Å²) in [7, 11) is 0. The van der Waals surface area contributed by atoms with Crippen molar-refractivity contribution < 1.29 is 0 Å². The standard InChI is InChI=1S/C14H19N3/c1-13(2)12(14(13,3)4)17-9-10-5-6-16-11(7-10)8-15/h5-7,12,17H,9H2,1-4H3. The molecule has 3 heteroatoms. The number of nitrogens with zero attached hydrogens (tertiary/aromatic N) is 2. The minimum Gasteiger partial charge on any atom is -0.309 e. The van der Waals surface area contributed by atoms with E-state index in [0.29, 0.717) is 22.6 Å². The molecular formula is C14H19N3. The Morgan fingerprint density at radius 3 is 2.53 bits per heavy atom. The molecule has 1 N–H and O–H groups in total. The van der Waals surface area contributed by atoms with Gasteiger partial charge in [0.1, 0.15) is 11.8 Å². The van der Waals surface area contributed by atoms with Crippen LogP contribution in [-0.4, -0.2) is 11.0 Å². The maximum absolute atomic E-state index is 8.79.